The molecule has 0 aliphatic carbocycles. The number of hydrogen-bond acceptors (Lipinski definition) is 8. The highest BCUT2D eigenvalue weighted by Crippen LogP contribution is 2.37. The Morgan fingerprint density at radius 3 is 2.77 bits per heavy atom. The number of fused-ring (bicyclic) bond motifs is 1. The van der Waals surface area contributed by atoms with Crippen LogP contribution < -0.4 is 14.9 Å². The predicted molar refractivity (Wildman–Crippen MR) is 98.0 cm³/mol. The van der Waals surface area contributed by atoms with Crippen LogP contribution in [-0.2, 0) is 0 Å². The fraction of sp³-hybridized carbons (Fsp3) is 0.0588. The molecule has 4 rings (SSSR count). The molecule has 0 unspecified atom stereocenters. The maximum Gasteiger partial charge on any atom is 0.282 e. The van der Waals surface area contributed by atoms with Gasteiger partial charge in [-0.3, -0.25) is 15.5 Å². The second kappa shape index (κ2) is 6.81. The highest BCUT2D eigenvalue weighted by atomic mass is 32.1. The number of nitrogens with zero attached hydrogens (tertiary/aromatic N) is 3. The number of benzene rings is 2. The van der Waals surface area contributed by atoms with Gasteiger partial charge in [-0.15, -0.1) is 11.3 Å². The number of rotatable bonds is 5. The van der Waals surface area contributed by atoms with Gasteiger partial charge in [-0.1, -0.05) is 30.3 Å². The van der Waals surface area contributed by atoms with E-state index in [2.05, 4.69) is 15.5 Å². The molecule has 26 heavy (non-hydrogen) atoms. The lowest BCUT2D eigenvalue weighted by atomic mass is 10.1. The molecule has 0 fully saturated rings. The lowest BCUT2D eigenvalue weighted by Gasteiger charge is -2.00. The van der Waals surface area contributed by atoms with Gasteiger partial charge in [0, 0.05) is 10.9 Å². The van der Waals surface area contributed by atoms with Crippen LogP contribution in [-0.4, -0.2) is 22.9 Å². The molecule has 130 valence electrons. The zero-order valence-electron chi connectivity index (χ0n) is 13.3. The third kappa shape index (κ3) is 3.20. The smallest absolute Gasteiger partial charge is 0.282 e. The van der Waals surface area contributed by atoms with E-state index in [-0.39, 0.29) is 12.5 Å². The van der Waals surface area contributed by atoms with Crippen molar-refractivity contribution in [2.45, 2.75) is 0 Å². The van der Waals surface area contributed by atoms with Crippen molar-refractivity contribution in [2.75, 3.05) is 12.2 Å². The Labute approximate surface area is 151 Å². The number of nitro groups is 1. The summed E-state index contributed by atoms with van der Waals surface area (Å²) in [6, 6.07) is 12.6. The highest BCUT2D eigenvalue weighted by Gasteiger charge is 2.22. The van der Waals surface area contributed by atoms with Gasteiger partial charge in [0.25, 0.3) is 5.69 Å². The highest BCUT2D eigenvalue weighted by molar-refractivity contribution is 7.14. The molecule has 9 heteroatoms. The van der Waals surface area contributed by atoms with Crippen molar-refractivity contribution in [2.24, 2.45) is 5.10 Å². The molecule has 0 radical (unpaired) electrons. The summed E-state index contributed by atoms with van der Waals surface area (Å²) in [6.45, 7) is 0.0483. The lowest BCUT2D eigenvalue weighted by Crippen LogP contribution is -1.97. The van der Waals surface area contributed by atoms with Crippen LogP contribution in [0, 0.1) is 10.1 Å². The Hall–Kier alpha value is -3.46. The summed E-state index contributed by atoms with van der Waals surface area (Å²) >= 11 is 1.40. The molecule has 3 aromatic rings. The van der Waals surface area contributed by atoms with Gasteiger partial charge in [0.2, 0.25) is 11.9 Å². The Balaban J connectivity index is 1.53. The van der Waals surface area contributed by atoms with Gasteiger partial charge in [-0.05, 0) is 6.07 Å². The van der Waals surface area contributed by atoms with Gasteiger partial charge in [0.15, 0.2) is 11.5 Å². The predicted octanol–water partition coefficient (Wildman–Crippen LogP) is 3.89. The van der Waals surface area contributed by atoms with Crippen molar-refractivity contribution in [1.29, 1.82) is 0 Å². The third-order valence-corrected chi connectivity index (χ3v) is 4.40. The number of nitrogens with one attached hydrogen (secondary N) is 1. The van der Waals surface area contributed by atoms with Crippen LogP contribution in [0.4, 0.5) is 10.8 Å². The number of ether oxygens (including phenoxy) is 2. The SMILES string of the molecule is O=[N+]([O-])c1cc2c(cc1C=NNc1nc(-c3ccccc3)cs1)OCO2. The van der Waals surface area contributed by atoms with Gasteiger partial charge >= 0.3 is 0 Å². The van der Waals surface area contributed by atoms with Gasteiger partial charge in [-0.25, -0.2) is 4.98 Å². The van der Waals surface area contributed by atoms with Crippen LogP contribution in [0.15, 0.2) is 52.9 Å². The summed E-state index contributed by atoms with van der Waals surface area (Å²) in [5.74, 6) is 0.812. The molecule has 2 aromatic carbocycles. The van der Waals surface area contributed by atoms with E-state index < -0.39 is 4.92 Å². The Kier molecular flexibility index (Phi) is 4.20. The van der Waals surface area contributed by atoms with Crippen LogP contribution in [0.2, 0.25) is 0 Å². The fourth-order valence-corrected chi connectivity index (χ4v) is 3.10. The molecular formula is C17H12N4O4S. The van der Waals surface area contributed by atoms with Gasteiger partial charge in [-0.2, -0.15) is 5.10 Å². The lowest BCUT2D eigenvalue weighted by molar-refractivity contribution is -0.385. The van der Waals surface area contributed by atoms with E-state index in [0.29, 0.717) is 22.2 Å². The molecule has 1 aliphatic rings. The van der Waals surface area contributed by atoms with Gasteiger partial charge in [0.1, 0.15) is 0 Å². The van der Waals surface area contributed by atoms with Crippen molar-refractivity contribution in [1.82, 2.24) is 4.98 Å². The van der Waals surface area contributed by atoms with Crippen molar-refractivity contribution >= 4 is 28.4 Å². The molecular weight excluding hydrogens is 356 g/mol. The molecule has 1 aromatic heterocycles. The standard InChI is InChI=1S/C17H12N4O4S/c22-21(23)14-7-16-15(24-10-25-16)6-12(14)8-18-20-17-19-13(9-26-17)11-4-2-1-3-5-11/h1-9H,10H2,(H,19,20). The molecule has 2 heterocycles. The van der Waals surface area contributed by atoms with Gasteiger partial charge < -0.3 is 9.47 Å². The van der Waals surface area contributed by atoms with Crippen LogP contribution in [0.5, 0.6) is 11.5 Å². The first-order chi connectivity index (χ1) is 12.7. The summed E-state index contributed by atoms with van der Waals surface area (Å²) < 4.78 is 10.4. The van der Waals surface area contributed by atoms with E-state index in [1.54, 1.807) is 0 Å². The number of hydrazone groups is 1. The van der Waals surface area contributed by atoms with E-state index in [0.717, 1.165) is 11.3 Å². The normalized spacial score (nSPS) is 12.5. The van der Waals surface area contributed by atoms with Crippen molar-refractivity contribution in [3.63, 3.8) is 0 Å². The average Bonchev–Trinajstić information content (AvgIpc) is 3.30. The average molecular weight is 368 g/mol. The molecule has 0 saturated carbocycles. The number of hydrogen-bond donors (Lipinski definition) is 1. The monoisotopic (exact) mass is 368 g/mol. The second-order valence-corrected chi connectivity index (χ2v) is 6.15. The van der Waals surface area contributed by atoms with Crippen LogP contribution in [0.25, 0.3) is 11.3 Å². The van der Waals surface area contributed by atoms with Crippen LogP contribution in [0.1, 0.15) is 5.56 Å². The van der Waals surface area contributed by atoms with E-state index >= 15 is 0 Å². The van der Waals surface area contributed by atoms with E-state index in [9.17, 15) is 10.1 Å². The zero-order chi connectivity index (χ0) is 17.9. The fourth-order valence-electron chi connectivity index (χ4n) is 2.43. The Bertz CT molecular complexity index is 988. The summed E-state index contributed by atoms with van der Waals surface area (Å²) in [5, 5.41) is 17.8. The Morgan fingerprint density at radius 1 is 1.23 bits per heavy atom. The molecule has 1 aliphatic heterocycles. The maximum atomic E-state index is 11.2. The first kappa shape index (κ1) is 16.0. The minimum Gasteiger partial charge on any atom is -0.454 e. The molecule has 0 bridgehead atoms. The van der Waals surface area contributed by atoms with E-state index in [4.69, 9.17) is 9.47 Å². The summed E-state index contributed by atoms with van der Waals surface area (Å²) in [6.07, 6.45) is 1.36. The van der Waals surface area contributed by atoms with E-state index in [1.165, 1.54) is 29.7 Å². The largest absolute Gasteiger partial charge is 0.454 e. The first-order valence-corrected chi connectivity index (χ1v) is 8.47. The summed E-state index contributed by atoms with van der Waals surface area (Å²) in [5.41, 5.74) is 4.85. The number of anilines is 1. The number of aromatic nitrogens is 1. The minimum atomic E-state index is -0.486. The molecule has 0 saturated heterocycles. The van der Waals surface area contributed by atoms with E-state index in [1.807, 2.05) is 35.7 Å². The molecule has 8 nitrogen and oxygen atoms in total. The molecule has 1 N–H and O–H groups in total. The van der Waals surface area contributed by atoms with Gasteiger partial charge in [0.05, 0.1) is 28.5 Å². The maximum absolute atomic E-state index is 11.2. The first-order valence-electron chi connectivity index (χ1n) is 7.59. The molecule has 0 spiro atoms. The zero-order valence-corrected chi connectivity index (χ0v) is 14.1. The van der Waals surface area contributed by atoms with Crippen molar-refractivity contribution < 1.29 is 14.4 Å². The van der Waals surface area contributed by atoms with Crippen LogP contribution >= 0.6 is 11.3 Å². The van der Waals surface area contributed by atoms with Crippen molar-refractivity contribution in [3.05, 3.63) is 63.5 Å². The minimum absolute atomic E-state index is 0.0483. The summed E-state index contributed by atoms with van der Waals surface area (Å²) in [4.78, 5) is 15.2. The topological polar surface area (TPSA) is 98.9 Å². The second-order valence-electron chi connectivity index (χ2n) is 5.30. The Morgan fingerprint density at radius 2 is 2.00 bits per heavy atom. The quantitative estimate of drug-likeness (QED) is 0.417. The molecule has 0 atom stereocenters. The third-order valence-electron chi connectivity index (χ3n) is 3.66. The van der Waals surface area contributed by atoms with Crippen molar-refractivity contribution in [3.8, 4) is 22.8 Å². The summed E-state index contributed by atoms with van der Waals surface area (Å²) in [7, 11) is 0. The number of nitro benzene ring substituents is 1. The number of thiazole rings is 1. The van der Waals surface area contributed by atoms with Crippen LogP contribution in [0.3, 0.4) is 0 Å². The molecule has 0 amide bonds.